The number of rotatable bonds is 8. The summed E-state index contributed by atoms with van der Waals surface area (Å²) in [5.41, 5.74) is 0.876. The first-order chi connectivity index (χ1) is 10.0. The fourth-order valence-electron chi connectivity index (χ4n) is 2.99. The summed E-state index contributed by atoms with van der Waals surface area (Å²) in [5, 5.41) is 0. The lowest BCUT2D eigenvalue weighted by Gasteiger charge is -2.42. The van der Waals surface area contributed by atoms with Crippen LogP contribution in [0.3, 0.4) is 0 Å². The highest BCUT2D eigenvalue weighted by Gasteiger charge is 2.38. The van der Waals surface area contributed by atoms with Crippen LogP contribution in [0.25, 0.3) is 0 Å². The number of halogens is 1. The van der Waals surface area contributed by atoms with Gasteiger partial charge in [-0.1, -0.05) is 48.8 Å². The molecule has 1 aromatic carbocycles. The molecule has 4 heteroatoms. The molecule has 1 aromatic rings. The van der Waals surface area contributed by atoms with Gasteiger partial charge in [-0.05, 0) is 44.1 Å². The van der Waals surface area contributed by atoms with Crippen molar-refractivity contribution < 1.29 is 9.53 Å². The molecular formula is C17H26BrNO2. The second-order valence-corrected chi connectivity index (χ2v) is 5.96. The number of ether oxygens (including phenoxy) is 1. The molecule has 1 unspecified atom stereocenters. The van der Waals surface area contributed by atoms with E-state index in [0.717, 1.165) is 24.0 Å². The van der Waals surface area contributed by atoms with Crippen molar-refractivity contribution >= 4 is 21.9 Å². The molecule has 0 radical (unpaired) electrons. The third-order valence-corrected chi connectivity index (χ3v) is 4.61. The van der Waals surface area contributed by atoms with Gasteiger partial charge in [-0.3, -0.25) is 9.69 Å². The Bertz CT molecular complexity index is 443. The molecule has 118 valence electrons. The SMILES string of the molecule is CCOC(=O)CC(CC)(c1ccc(Br)cc1)N(CC)CC. The number of carbonyl (C=O) groups excluding carboxylic acids is 1. The third-order valence-electron chi connectivity index (χ3n) is 4.08. The smallest absolute Gasteiger partial charge is 0.308 e. The van der Waals surface area contributed by atoms with E-state index in [0.29, 0.717) is 13.0 Å². The highest BCUT2D eigenvalue weighted by molar-refractivity contribution is 9.10. The summed E-state index contributed by atoms with van der Waals surface area (Å²) in [7, 11) is 0. The van der Waals surface area contributed by atoms with Crippen LogP contribution in [0, 0.1) is 0 Å². The zero-order valence-electron chi connectivity index (χ0n) is 13.5. The number of hydrogen-bond acceptors (Lipinski definition) is 3. The molecule has 0 amide bonds. The Morgan fingerprint density at radius 1 is 1.14 bits per heavy atom. The monoisotopic (exact) mass is 355 g/mol. The third kappa shape index (κ3) is 4.30. The molecule has 0 saturated carbocycles. The second-order valence-electron chi connectivity index (χ2n) is 5.05. The maximum absolute atomic E-state index is 12.1. The van der Waals surface area contributed by atoms with E-state index in [1.165, 1.54) is 5.56 Å². The Hall–Kier alpha value is -0.870. The van der Waals surface area contributed by atoms with Crippen molar-refractivity contribution in [2.75, 3.05) is 19.7 Å². The van der Waals surface area contributed by atoms with Crippen molar-refractivity contribution in [1.82, 2.24) is 4.90 Å². The van der Waals surface area contributed by atoms with E-state index in [4.69, 9.17) is 4.74 Å². The average Bonchev–Trinajstić information content (AvgIpc) is 2.48. The Balaban J connectivity index is 3.24. The lowest BCUT2D eigenvalue weighted by atomic mass is 9.82. The van der Waals surface area contributed by atoms with E-state index in [1.807, 2.05) is 19.1 Å². The summed E-state index contributed by atoms with van der Waals surface area (Å²) in [6.07, 6.45) is 1.26. The first-order valence-electron chi connectivity index (χ1n) is 7.70. The van der Waals surface area contributed by atoms with E-state index in [-0.39, 0.29) is 11.5 Å². The largest absolute Gasteiger partial charge is 0.466 e. The molecule has 0 aliphatic heterocycles. The van der Waals surface area contributed by atoms with Crippen LogP contribution < -0.4 is 0 Å². The highest BCUT2D eigenvalue weighted by Crippen LogP contribution is 2.36. The quantitative estimate of drug-likeness (QED) is 0.649. The van der Waals surface area contributed by atoms with Crippen molar-refractivity contribution in [3.05, 3.63) is 34.3 Å². The first-order valence-corrected chi connectivity index (χ1v) is 8.50. The van der Waals surface area contributed by atoms with Gasteiger partial charge in [0.05, 0.1) is 18.6 Å². The number of nitrogens with zero attached hydrogens (tertiary/aromatic N) is 1. The molecule has 0 heterocycles. The van der Waals surface area contributed by atoms with Gasteiger partial charge >= 0.3 is 5.97 Å². The normalized spacial score (nSPS) is 14.0. The molecule has 0 spiro atoms. The van der Waals surface area contributed by atoms with Crippen LogP contribution in [-0.4, -0.2) is 30.6 Å². The number of esters is 1. The highest BCUT2D eigenvalue weighted by atomic mass is 79.9. The summed E-state index contributed by atoms with van der Waals surface area (Å²) in [5.74, 6) is -0.130. The van der Waals surface area contributed by atoms with Crippen LogP contribution >= 0.6 is 15.9 Å². The van der Waals surface area contributed by atoms with Crippen molar-refractivity contribution in [2.45, 2.75) is 46.1 Å². The van der Waals surface area contributed by atoms with Crippen molar-refractivity contribution in [2.24, 2.45) is 0 Å². The lowest BCUT2D eigenvalue weighted by Crippen LogP contribution is -2.47. The Kier molecular flexibility index (Phi) is 7.40. The maximum atomic E-state index is 12.1. The number of benzene rings is 1. The number of carbonyl (C=O) groups is 1. The molecule has 0 aliphatic rings. The molecule has 0 bridgehead atoms. The maximum Gasteiger partial charge on any atom is 0.308 e. The van der Waals surface area contributed by atoms with Gasteiger partial charge in [0, 0.05) is 4.47 Å². The Morgan fingerprint density at radius 3 is 2.14 bits per heavy atom. The predicted molar refractivity (Wildman–Crippen MR) is 90.3 cm³/mol. The average molecular weight is 356 g/mol. The topological polar surface area (TPSA) is 29.5 Å². The number of hydrogen-bond donors (Lipinski definition) is 0. The van der Waals surface area contributed by atoms with Gasteiger partial charge in [-0.25, -0.2) is 0 Å². The zero-order valence-corrected chi connectivity index (χ0v) is 15.1. The molecule has 0 aromatic heterocycles. The zero-order chi connectivity index (χ0) is 15.9. The fourth-order valence-corrected chi connectivity index (χ4v) is 3.25. The fraction of sp³-hybridized carbons (Fsp3) is 0.588. The molecule has 21 heavy (non-hydrogen) atoms. The summed E-state index contributed by atoms with van der Waals surface area (Å²) in [6, 6.07) is 8.28. The van der Waals surface area contributed by atoms with E-state index in [2.05, 4.69) is 53.7 Å². The minimum Gasteiger partial charge on any atom is -0.466 e. The Labute approximate surface area is 136 Å². The van der Waals surface area contributed by atoms with E-state index >= 15 is 0 Å². The van der Waals surface area contributed by atoms with Gasteiger partial charge in [0.2, 0.25) is 0 Å². The Morgan fingerprint density at radius 2 is 1.71 bits per heavy atom. The van der Waals surface area contributed by atoms with Crippen LogP contribution in [0.1, 0.15) is 46.1 Å². The van der Waals surface area contributed by atoms with Gasteiger partial charge in [0.25, 0.3) is 0 Å². The van der Waals surface area contributed by atoms with Crippen LogP contribution in [0.15, 0.2) is 28.7 Å². The second kappa shape index (κ2) is 8.54. The summed E-state index contributed by atoms with van der Waals surface area (Å²) >= 11 is 3.48. The molecule has 0 aliphatic carbocycles. The molecule has 1 rings (SSSR count). The van der Waals surface area contributed by atoms with Crippen LogP contribution in [-0.2, 0) is 15.1 Å². The minimum absolute atomic E-state index is 0.130. The van der Waals surface area contributed by atoms with Gasteiger partial charge < -0.3 is 4.74 Å². The summed E-state index contributed by atoms with van der Waals surface area (Å²) in [4.78, 5) is 14.5. The minimum atomic E-state index is -0.295. The predicted octanol–water partition coefficient (Wildman–Crippen LogP) is 4.35. The summed E-state index contributed by atoms with van der Waals surface area (Å²) in [6.45, 7) is 10.5. The van der Waals surface area contributed by atoms with Gasteiger partial charge in [0.15, 0.2) is 0 Å². The van der Waals surface area contributed by atoms with Crippen LogP contribution in [0.4, 0.5) is 0 Å². The molecule has 1 atom stereocenters. The molecule has 0 fully saturated rings. The van der Waals surface area contributed by atoms with Crippen molar-refractivity contribution in [3.8, 4) is 0 Å². The van der Waals surface area contributed by atoms with Gasteiger partial charge in [0.1, 0.15) is 0 Å². The molecule has 3 nitrogen and oxygen atoms in total. The van der Waals surface area contributed by atoms with Crippen LogP contribution in [0.5, 0.6) is 0 Å². The van der Waals surface area contributed by atoms with E-state index in [9.17, 15) is 4.79 Å². The lowest BCUT2D eigenvalue weighted by molar-refractivity contribution is -0.147. The van der Waals surface area contributed by atoms with E-state index < -0.39 is 0 Å². The standard InChI is InChI=1S/C17H26BrNO2/c1-5-17(19(6-2)7-3,13-16(20)21-8-4)14-9-11-15(18)12-10-14/h9-12H,5-8,13H2,1-4H3. The summed E-state index contributed by atoms with van der Waals surface area (Å²) < 4.78 is 6.26. The van der Waals surface area contributed by atoms with Gasteiger partial charge in [-0.15, -0.1) is 0 Å². The first kappa shape index (κ1) is 18.2. The molecule has 0 saturated heterocycles. The van der Waals surface area contributed by atoms with Gasteiger partial charge in [-0.2, -0.15) is 0 Å². The van der Waals surface area contributed by atoms with E-state index in [1.54, 1.807) is 0 Å². The molecular weight excluding hydrogens is 330 g/mol. The van der Waals surface area contributed by atoms with Crippen LogP contribution in [0.2, 0.25) is 0 Å². The van der Waals surface area contributed by atoms with Crippen molar-refractivity contribution in [3.63, 3.8) is 0 Å². The van der Waals surface area contributed by atoms with Crippen molar-refractivity contribution in [1.29, 1.82) is 0 Å². The molecule has 0 N–H and O–H groups in total.